The van der Waals surface area contributed by atoms with Crippen LogP contribution in [-0.4, -0.2) is 27.1 Å². The number of hydrogen-bond acceptors (Lipinski definition) is 6. The molecule has 0 bridgehead atoms. The number of fused-ring (bicyclic) bond motifs is 1. The molecule has 136 valence electrons. The Labute approximate surface area is 160 Å². The lowest BCUT2D eigenvalue weighted by atomic mass is 10.1. The van der Waals surface area contributed by atoms with Gasteiger partial charge in [0.1, 0.15) is 0 Å². The van der Waals surface area contributed by atoms with Crippen LogP contribution < -0.4 is 5.32 Å². The average Bonchev–Trinajstić information content (AvgIpc) is 3.27. The van der Waals surface area contributed by atoms with E-state index in [0.717, 1.165) is 20.8 Å². The number of nitrogens with zero attached hydrogens (tertiary/aromatic N) is 3. The van der Waals surface area contributed by atoms with Gasteiger partial charge in [-0.05, 0) is 50.2 Å². The van der Waals surface area contributed by atoms with Gasteiger partial charge in [-0.15, -0.1) is 11.3 Å². The van der Waals surface area contributed by atoms with Crippen LogP contribution in [0.1, 0.15) is 28.1 Å². The molecule has 1 atom stereocenters. The lowest BCUT2D eigenvalue weighted by molar-refractivity contribution is 0.0940. The third-order valence-corrected chi connectivity index (χ3v) is 5.18. The standard InChI is InChI=1S/C20H18N4O2S/c1-12(11-18-23-16-5-3-4-6-17(16)27-18)21-19(25)14-7-9-15(10-8-14)20-22-13(2)24-26-20/h3-10,12H,11H2,1-2H3,(H,21,25). The van der Waals surface area contributed by atoms with Crippen LogP contribution in [0.5, 0.6) is 0 Å². The number of nitrogens with one attached hydrogen (secondary N) is 1. The highest BCUT2D eigenvalue weighted by molar-refractivity contribution is 7.18. The predicted octanol–water partition coefficient (Wildman–Crippen LogP) is 4.02. The molecule has 0 aliphatic carbocycles. The maximum Gasteiger partial charge on any atom is 0.257 e. The lowest BCUT2D eigenvalue weighted by Gasteiger charge is -2.12. The SMILES string of the molecule is Cc1noc(-c2ccc(C(=O)NC(C)Cc3nc4ccccc4s3)cc2)n1. The molecule has 4 aromatic rings. The Morgan fingerprint density at radius 2 is 1.93 bits per heavy atom. The first kappa shape index (κ1) is 17.4. The zero-order valence-corrected chi connectivity index (χ0v) is 15.8. The summed E-state index contributed by atoms with van der Waals surface area (Å²) in [5.41, 5.74) is 2.38. The van der Waals surface area contributed by atoms with Gasteiger partial charge in [0.25, 0.3) is 11.8 Å². The number of aryl methyl sites for hydroxylation is 1. The summed E-state index contributed by atoms with van der Waals surface area (Å²) in [7, 11) is 0. The molecule has 1 N–H and O–H groups in total. The van der Waals surface area contributed by atoms with E-state index in [0.29, 0.717) is 23.7 Å². The quantitative estimate of drug-likeness (QED) is 0.567. The van der Waals surface area contributed by atoms with Gasteiger partial charge in [0.2, 0.25) is 0 Å². The molecule has 27 heavy (non-hydrogen) atoms. The topological polar surface area (TPSA) is 80.9 Å². The molecule has 0 saturated carbocycles. The van der Waals surface area contributed by atoms with E-state index in [-0.39, 0.29) is 11.9 Å². The zero-order chi connectivity index (χ0) is 18.8. The largest absolute Gasteiger partial charge is 0.349 e. The fraction of sp³-hybridized carbons (Fsp3) is 0.200. The molecule has 0 aliphatic rings. The van der Waals surface area contributed by atoms with Gasteiger partial charge >= 0.3 is 0 Å². The second-order valence-electron chi connectivity index (χ2n) is 6.38. The van der Waals surface area contributed by atoms with Crippen molar-refractivity contribution in [3.05, 3.63) is 64.9 Å². The molecular weight excluding hydrogens is 360 g/mol. The highest BCUT2D eigenvalue weighted by Gasteiger charge is 2.14. The Morgan fingerprint density at radius 3 is 2.63 bits per heavy atom. The van der Waals surface area contributed by atoms with Crippen molar-refractivity contribution in [1.82, 2.24) is 20.4 Å². The normalized spacial score (nSPS) is 12.2. The Morgan fingerprint density at radius 1 is 1.15 bits per heavy atom. The molecule has 2 heterocycles. The summed E-state index contributed by atoms with van der Waals surface area (Å²) in [6, 6.07) is 15.2. The second-order valence-corrected chi connectivity index (χ2v) is 7.49. The van der Waals surface area contributed by atoms with Crippen molar-refractivity contribution in [1.29, 1.82) is 0 Å². The molecule has 2 aromatic carbocycles. The van der Waals surface area contributed by atoms with Gasteiger partial charge in [0.15, 0.2) is 5.82 Å². The number of benzene rings is 2. The predicted molar refractivity (Wildman–Crippen MR) is 105 cm³/mol. The fourth-order valence-electron chi connectivity index (χ4n) is 2.81. The summed E-state index contributed by atoms with van der Waals surface area (Å²) in [4.78, 5) is 21.3. The van der Waals surface area contributed by atoms with Crippen molar-refractivity contribution in [2.45, 2.75) is 26.3 Å². The van der Waals surface area contributed by atoms with Gasteiger partial charge in [0.05, 0.1) is 15.2 Å². The number of thiazole rings is 1. The van der Waals surface area contributed by atoms with E-state index < -0.39 is 0 Å². The highest BCUT2D eigenvalue weighted by Crippen LogP contribution is 2.22. The van der Waals surface area contributed by atoms with Gasteiger partial charge in [-0.25, -0.2) is 4.98 Å². The highest BCUT2D eigenvalue weighted by atomic mass is 32.1. The number of carbonyl (C=O) groups excluding carboxylic acids is 1. The van der Waals surface area contributed by atoms with Crippen molar-refractivity contribution in [2.24, 2.45) is 0 Å². The first-order valence-electron chi connectivity index (χ1n) is 8.64. The Balaban J connectivity index is 1.40. The van der Waals surface area contributed by atoms with E-state index in [9.17, 15) is 4.79 Å². The van der Waals surface area contributed by atoms with E-state index in [4.69, 9.17) is 4.52 Å². The fourth-order valence-corrected chi connectivity index (χ4v) is 3.90. The number of aromatic nitrogens is 3. The number of amides is 1. The minimum Gasteiger partial charge on any atom is -0.349 e. The first-order chi connectivity index (χ1) is 13.1. The maximum absolute atomic E-state index is 12.5. The Hall–Kier alpha value is -3.06. The lowest BCUT2D eigenvalue weighted by Crippen LogP contribution is -2.34. The summed E-state index contributed by atoms with van der Waals surface area (Å²) < 4.78 is 6.30. The van der Waals surface area contributed by atoms with Gasteiger partial charge < -0.3 is 9.84 Å². The zero-order valence-electron chi connectivity index (χ0n) is 15.0. The van der Waals surface area contributed by atoms with Crippen LogP contribution in [0.4, 0.5) is 0 Å². The molecule has 6 nitrogen and oxygen atoms in total. The van der Waals surface area contributed by atoms with E-state index in [1.807, 2.05) is 25.1 Å². The minimum absolute atomic E-state index is 0.0173. The van der Waals surface area contributed by atoms with E-state index in [1.54, 1.807) is 42.5 Å². The Kier molecular flexibility index (Phi) is 4.68. The van der Waals surface area contributed by atoms with Gasteiger partial charge in [-0.1, -0.05) is 17.3 Å². The summed E-state index contributed by atoms with van der Waals surface area (Å²) in [5, 5.41) is 7.82. The molecule has 0 aliphatic heterocycles. The molecular formula is C20H18N4O2S. The van der Waals surface area contributed by atoms with Crippen LogP contribution in [0.25, 0.3) is 21.7 Å². The summed E-state index contributed by atoms with van der Waals surface area (Å²) in [6.07, 6.45) is 0.699. The summed E-state index contributed by atoms with van der Waals surface area (Å²) in [5.74, 6) is 0.913. The summed E-state index contributed by atoms with van der Waals surface area (Å²) in [6.45, 7) is 3.75. The van der Waals surface area contributed by atoms with Crippen LogP contribution in [-0.2, 0) is 6.42 Å². The molecule has 1 amide bonds. The molecule has 0 saturated heterocycles. The maximum atomic E-state index is 12.5. The smallest absolute Gasteiger partial charge is 0.257 e. The van der Waals surface area contributed by atoms with Crippen LogP contribution in [0.3, 0.4) is 0 Å². The van der Waals surface area contributed by atoms with Crippen molar-refractivity contribution in [3.8, 4) is 11.5 Å². The van der Waals surface area contributed by atoms with Crippen molar-refractivity contribution in [3.63, 3.8) is 0 Å². The molecule has 0 radical (unpaired) electrons. The van der Waals surface area contributed by atoms with E-state index >= 15 is 0 Å². The summed E-state index contributed by atoms with van der Waals surface area (Å²) >= 11 is 1.66. The number of rotatable bonds is 5. The first-order valence-corrected chi connectivity index (χ1v) is 9.46. The van der Waals surface area contributed by atoms with E-state index in [2.05, 4.69) is 26.5 Å². The number of carbonyl (C=O) groups is 1. The van der Waals surface area contributed by atoms with Crippen molar-refractivity contribution < 1.29 is 9.32 Å². The molecule has 4 rings (SSSR count). The molecule has 0 spiro atoms. The monoisotopic (exact) mass is 378 g/mol. The molecule has 2 aromatic heterocycles. The van der Waals surface area contributed by atoms with E-state index in [1.165, 1.54) is 0 Å². The van der Waals surface area contributed by atoms with Crippen LogP contribution in [0.2, 0.25) is 0 Å². The van der Waals surface area contributed by atoms with Crippen LogP contribution in [0.15, 0.2) is 53.1 Å². The average molecular weight is 378 g/mol. The van der Waals surface area contributed by atoms with Crippen LogP contribution in [0, 0.1) is 6.92 Å². The number of para-hydroxylation sites is 1. The van der Waals surface area contributed by atoms with Crippen LogP contribution >= 0.6 is 11.3 Å². The third-order valence-electron chi connectivity index (χ3n) is 4.12. The van der Waals surface area contributed by atoms with Gasteiger partial charge in [0, 0.05) is 23.6 Å². The molecule has 1 unspecified atom stereocenters. The molecule has 7 heteroatoms. The van der Waals surface area contributed by atoms with Gasteiger partial charge in [-0.3, -0.25) is 4.79 Å². The third kappa shape index (κ3) is 3.88. The van der Waals surface area contributed by atoms with Gasteiger partial charge in [-0.2, -0.15) is 4.98 Å². The van der Waals surface area contributed by atoms with Crippen molar-refractivity contribution in [2.75, 3.05) is 0 Å². The number of hydrogen-bond donors (Lipinski definition) is 1. The second kappa shape index (κ2) is 7.28. The molecule has 0 fully saturated rings. The Bertz CT molecular complexity index is 1050. The minimum atomic E-state index is -0.114. The van der Waals surface area contributed by atoms with Crippen molar-refractivity contribution >= 4 is 27.5 Å².